The Kier molecular flexibility index (Phi) is 5.27. The summed E-state index contributed by atoms with van der Waals surface area (Å²) in [6.45, 7) is 4.00. The van der Waals surface area contributed by atoms with E-state index in [0.717, 1.165) is 10.9 Å². The molecule has 0 saturated carbocycles. The number of hydroxylamine groups is 2. The van der Waals surface area contributed by atoms with Crippen LogP contribution in [0.4, 0.5) is 0 Å². The highest BCUT2D eigenvalue weighted by Gasteiger charge is 2.14. The fraction of sp³-hybridized carbons (Fsp3) is 0.286. The van der Waals surface area contributed by atoms with Crippen LogP contribution in [0.15, 0.2) is 36.5 Å². The Hall–Kier alpha value is -1.94. The van der Waals surface area contributed by atoms with Crippen LogP contribution in [0.2, 0.25) is 0 Å². The maximum atomic E-state index is 12.0. The zero-order chi connectivity index (χ0) is 13.5. The molecule has 0 radical (unpaired) electrons. The largest absolute Gasteiger partial charge is 0.277 e. The van der Waals surface area contributed by atoms with Crippen LogP contribution < -0.4 is 0 Å². The van der Waals surface area contributed by atoms with Gasteiger partial charge in [-0.05, 0) is 12.1 Å². The number of aromatic nitrogens is 1. The number of hydrogen-bond acceptors (Lipinski definition) is 3. The second kappa shape index (κ2) is 6.71. The van der Waals surface area contributed by atoms with E-state index in [0.29, 0.717) is 5.56 Å². The van der Waals surface area contributed by atoms with Crippen LogP contribution in [0.5, 0.6) is 0 Å². The Labute approximate surface area is 107 Å². The summed E-state index contributed by atoms with van der Waals surface area (Å²) in [6, 6.07) is 9.22. The maximum Gasteiger partial charge on any atom is 0.277 e. The van der Waals surface area contributed by atoms with Crippen molar-refractivity contribution in [2.24, 2.45) is 0 Å². The third-order valence-corrected chi connectivity index (χ3v) is 2.44. The van der Waals surface area contributed by atoms with Gasteiger partial charge in [-0.1, -0.05) is 32.0 Å². The van der Waals surface area contributed by atoms with E-state index in [1.807, 2.05) is 38.1 Å². The first kappa shape index (κ1) is 14.1. The molecule has 2 aromatic rings. The quantitative estimate of drug-likeness (QED) is 0.765. The number of pyridine rings is 1. The van der Waals surface area contributed by atoms with Crippen molar-refractivity contribution in [3.05, 3.63) is 42.1 Å². The zero-order valence-corrected chi connectivity index (χ0v) is 11.2. The minimum absolute atomic E-state index is 0.180. The Bertz CT molecular complexity index is 521. The molecular formula is C14H18N2O2. The van der Waals surface area contributed by atoms with E-state index < -0.39 is 0 Å². The van der Waals surface area contributed by atoms with Gasteiger partial charge in [0.1, 0.15) is 0 Å². The molecule has 1 aromatic heterocycles. The number of benzene rings is 1. The Morgan fingerprint density at radius 1 is 1.22 bits per heavy atom. The minimum Gasteiger partial charge on any atom is -0.274 e. The molecule has 1 heterocycles. The van der Waals surface area contributed by atoms with E-state index in [1.54, 1.807) is 19.3 Å². The van der Waals surface area contributed by atoms with Gasteiger partial charge in [0, 0.05) is 18.6 Å². The molecule has 0 N–H and O–H groups in total. The predicted octanol–water partition coefficient (Wildman–Crippen LogP) is 2.89. The summed E-state index contributed by atoms with van der Waals surface area (Å²) in [6.07, 6.45) is 1.62. The van der Waals surface area contributed by atoms with Crippen molar-refractivity contribution in [1.29, 1.82) is 0 Å². The van der Waals surface area contributed by atoms with E-state index in [2.05, 4.69) is 4.98 Å². The lowest BCUT2D eigenvalue weighted by molar-refractivity contribution is -0.0755. The standard InChI is InChI=1S/C12H12N2O2.C2H6/c1-14(16-2)12(15)10-7-8-13-11-6-4-3-5-9(10)11;1-2/h3-8H,1-2H3;1-2H3. The average molecular weight is 246 g/mol. The fourth-order valence-corrected chi connectivity index (χ4v) is 1.53. The summed E-state index contributed by atoms with van der Waals surface area (Å²) >= 11 is 0. The first-order valence-electron chi connectivity index (χ1n) is 5.90. The van der Waals surface area contributed by atoms with E-state index in [9.17, 15) is 4.79 Å². The molecule has 0 saturated heterocycles. The van der Waals surface area contributed by atoms with E-state index in [-0.39, 0.29) is 5.91 Å². The van der Waals surface area contributed by atoms with Crippen LogP contribution >= 0.6 is 0 Å². The van der Waals surface area contributed by atoms with E-state index in [4.69, 9.17) is 4.84 Å². The molecule has 18 heavy (non-hydrogen) atoms. The summed E-state index contributed by atoms with van der Waals surface area (Å²) in [7, 11) is 3.04. The first-order chi connectivity index (χ1) is 8.74. The lowest BCUT2D eigenvalue weighted by Crippen LogP contribution is -2.25. The molecule has 1 aromatic carbocycles. The minimum atomic E-state index is -0.180. The van der Waals surface area contributed by atoms with Crippen molar-refractivity contribution in [2.75, 3.05) is 14.2 Å². The number of nitrogens with zero attached hydrogens (tertiary/aromatic N) is 2. The summed E-state index contributed by atoms with van der Waals surface area (Å²) in [4.78, 5) is 21.0. The molecule has 0 bridgehead atoms. The van der Waals surface area contributed by atoms with Gasteiger partial charge in [0.2, 0.25) is 0 Å². The second-order valence-corrected chi connectivity index (χ2v) is 3.36. The van der Waals surface area contributed by atoms with Gasteiger partial charge in [-0.15, -0.1) is 0 Å². The molecule has 0 unspecified atom stereocenters. The molecule has 0 atom stereocenters. The Morgan fingerprint density at radius 2 is 1.89 bits per heavy atom. The van der Waals surface area contributed by atoms with Gasteiger partial charge in [0.05, 0.1) is 18.2 Å². The molecule has 1 amide bonds. The number of fused-ring (bicyclic) bond motifs is 1. The van der Waals surface area contributed by atoms with Crippen molar-refractivity contribution >= 4 is 16.8 Å². The van der Waals surface area contributed by atoms with Gasteiger partial charge in [0.25, 0.3) is 5.91 Å². The SMILES string of the molecule is CC.CON(C)C(=O)c1ccnc2ccccc12. The zero-order valence-electron chi connectivity index (χ0n) is 11.2. The number of carbonyl (C=O) groups excluding carboxylic acids is 1. The van der Waals surface area contributed by atoms with E-state index >= 15 is 0 Å². The number of hydrogen-bond donors (Lipinski definition) is 0. The van der Waals surface area contributed by atoms with Gasteiger partial charge >= 0.3 is 0 Å². The summed E-state index contributed by atoms with van der Waals surface area (Å²) in [5.74, 6) is -0.180. The molecule has 4 heteroatoms. The van der Waals surface area contributed by atoms with Gasteiger partial charge < -0.3 is 0 Å². The molecule has 0 spiro atoms. The van der Waals surface area contributed by atoms with E-state index in [1.165, 1.54) is 12.2 Å². The summed E-state index contributed by atoms with van der Waals surface area (Å²) in [5, 5.41) is 2.03. The molecule has 0 fully saturated rings. The summed E-state index contributed by atoms with van der Waals surface area (Å²) in [5.41, 5.74) is 1.40. The van der Waals surface area contributed by atoms with Crippen molar-refractivity contribution in [2.45, 2.75) is 13.8 Å². The third kappa shape index (κ3) is 2.84. The number of para-hydroxylation sites is 1. The lowest BCUT2D eigenvalue weighted by Gasteiger charge is -2.14. The van der Waals surface area contributed by atoms with Gasteiger partial charge in [0.15, 0.2) is 0 Å². The number of amides is 1. The maximum absolute atomic E-state index is 12.0. The van der Waals surface area contributed by atoms with Crippen LogP contribution in [-0.4, -0.2) is 30.1 Å². The molecule has 0 aliphatic heterocycles. The molecule has 0 aliphatic rings. The van der Waals surface area contributed by atoms with Gasteiger partial charge in [-0.2, -0.15) is 0 Å². The van der Waals surface area contributed by atoms with Crippen LogP contribution in [0.3, 0.4) is 0 Å². The van der Waals surface area contributed by atoms with Crippen molar-refractivity contribution in [3.8, 4) is 0 Å². The predicted molar refractivity (Wildman–Crippen MR) is 72.2 cm³/mol. The van der Waals surface area contributed by atoms with Crippen LogP contribution in [0, 0.1) is 0 Å². The van der Waals surface area contributed by atoms with Crippen LogP contribution in [-0.2, 0) is 4.84 Å². The van der Waals surface area contributed by atoms with Crippen molar-refractivity contribution in [1.82, 2.24) is 10.0 Å². The monoisotopic (exact) mass is 246 g/mol. The molecule has 2 rings (SSSR count). The topological polar surface area (TPSA) is 42.4 Å². The highest BCUT2D eigenvalue weighted by molar-refractivity contribution is 6.05. The number of rotatable bonds is 2. The third-order valence-electron chi connectivity index (χ3n) is 2.44. The Balaban J connectivity index is 0.000000771. The normalized spacial score (nSPS) is 9.56. The average Bonchev–Trinajstić information content (AvgIpc) is 2.47. The molecule has 96 valence electrons. The van der Waals surface area contributed by atoms with Crippen molar-refractivity contribution < 1.29 is 9.63 Å². The second-order valence-electron chi connectivity index (χ2n) is 3.36. The highest BCUT2D eigenvalue weighted by Crippen LogP contribution is 2.17. The lowest BCUT2D eigenvalue weighted by atomic mass is 10.1. The molecule has 4 nitrogen and oxygen atoms in total. The summed E-state index contributed by atoms with van der Waals surface area (Å²) < 4.78 is 0. The van der Waals surface area contributed by atoms with Gasteiger partial charge in [-0.25, -0.2) is 5.06 Å². The van der Waals surface area contributed by atoms with Gasteiger partial charge in [-0.3, -0.25) is 14.6 Å². The Morgan fingerprint density at radius 3 is 2.56 bits per heavy atom. The van der Waals surface area contributed by atoms with Crippen LogP contribution in [0.1, 0.15) is 24.2 Å². The number of carbonyl (C=O) groups is 1. The first-order valence-corrected chi connectivity index (χ1v) is 5.90. The molecule has 0 aliphatic carbocycles. The highest BCUT2D eigenvalue weighted by atomic mass is 16.7. The van der Waals surface area contributed by atoms with Crippen LogP contribution in [0.25, 0.3) is 10.9 Å². The van der Waals surface area contributed by atoms with Crippen molar-refractivity contribution in [3.63, 3.8) is 0 Å². The smallest absolute Gasteiger partial charge is 0.274 e. The molecular weight excluding hydrogens is 228 g/mol. The fourth-order valence-electron chi connectivity index (χ4n) is 1.53.